The molecule has 1 saturated heterocycles. The summed E-state index contributed by atoms with van der Waals surface area (Å²) in [6.07, 6.45) is 2.11. The SMILES string of the molecule is CCCNc1nc(C(C)C)nc(N2CCC(CO)C2)c1C. The number of aromatic nitrogens is 2. The lowest BCUT2D eigenvalue weighted by Crippen LogP contribution is -2.24. The molecule has 2 rings (SSSR count). The van der Waals surface area contributed by atoms with E-state index in [9.17, 15) is 5.11 Å². The van der Waals surface area contributed by atoms with Crippen LogP contribution in [0.3, 0.4) is 0 Å². The van der Waals surface area contributed by atoms with Crippen molar-refractivity contribution in [1.29, 1.82) is 0 Å². The average molecular weight is 292 g/mol. The standard InChI is InChI=1S/C16H28N4O/c1-5-7-17-15-12(4)16(19-14(18-15)11(2)3)20-8-6-13(9-20)10-21/h11,13,21H,5-10H2,1-4H3,(H,17,18,19). The summed E-state index contributed by atoms with van der Waals surface area (Å²) < 4.78 is 0. The molecule has 1 aromatic heterocycles. The second-order valence-electron chi connectivity index (χ2n) is 6.24. The van der Waals surface area contributed by atoms with Crippen molar-refractivity contribution in [3.8, 4) is 0 Å². The van der Waals surface area contributed by atoms with Gasteiger partial charge in [0.2, 0.25) is 0 Å². The molecule has 0 amide bonds. The summed E-state index contributed by atoms with van der Waals surface area (Å²) in [5.41, 5.74) is 1.12. The summed E-state index contributed by atoms with van der Waals surface area (Å²) in [6.45, 7) is 11.5. The Hall–Kier alpha value is -1.36. The first-order valence-corrected chi connectivity index (χ1v) is 8.05. The zero-order valence-corrected chi connectivity index (χ0v) is 13.7. The molecule has 0 radical (unpaired) electrons. The summed E-state index contributed by atoms with van der Waals surface area (Å²) in [5, 5.41) is 12.8. The van der Waals surface area contributed by atoms with Crippen molar-refractivity contribution in [3.05, 3.63) is 11.4 Å². The van der Waals surface area contributed by atoms with E-state index in [4.69, 9.17) is 4.98 Å². The molecule has 1 aliphatic heterocycles. The fraction of sp³-hybridized carbons (Fsp3) is 0.750. The Labute approximate surface area is 127 Å². The molecular formula is C16H28N4O. The molecule has 1 aliphatic rings. The molecule has 2 N–H and O–H groups in total. The highest BCUT2D eigenvalue weighted by Crippen LogP contribution is 2.29. The first kappa shape index (κ1) is 16.0. The third-order valence-corrected chi connectivity index (χ3v) is 4.04. The van der Waals surface area contributed by atoms with Crippen LogP contribution in [0.25, 0.3) is 0 Å². The van der Waals surface area contributed by atoms with Crippen LogP contribution in [0.4, 0.5) is 11.6 Å². The van der Waals surface area contributed by atoms with Gasteiger partial charge in [0.25, 0.3) is 0 Å². The van der Waals surface area contributed by atoms with Crippen LogP contribution in [-0.2, 0) is 0 Å². The van der Waals surface area contributed by atoms with Crippen molar-refractivity contribution >= 4 is 11.6 Å². The number of aliphatic hydroxyl groups is 1. The number of rotatable bonds is 6. The Bertz CT molecular complexity index is 476. The first-order valence-electron chi connectivity index (χ1n) is 8.05. The van der Waals surface area contributed by atoms with Gasteiger partial charge < -0.3 is 15.3 Å². The maximum Gasteiger partial charge on any atom is 0.137 e. The smallest absolute Gasteiger partial charge is 0.137 e. The quantitative estimate of drug-likeness (QED) is 0.844. The normalized spacial score (nSPS) is 18.6. The Balaban J connectivity index is 2.32. The highest BCUT2D eigenvalue weighted by atomic mass is 16.3. The lowest BCUT2D eigenvalue weighted by Gasteiger charge is -2.23. The van der Waals surface area contributed by atoms with Gasteiger partial charge >= 0.3 is 0 Å². The maximum atomic E-state index is 9.34. The Morgan fingerprint density at radius 2 is 2.14 bits per heavy atom. The van der Waals surface area contributed by atoms with Gasteiger partial charge in [-0.1, -0.05) is 20.8 Å². The van der Waals surface area contributed by atoms with Crippen molar-refractivity contribution in [2.24, 2.45) is 5.92 Å². The van der Waals surface area contributed by atoms with Crippen LogP contribution in [0.1, 0.15) is 50.9 Å². The van der Waals surface area contributed by atoms with Crippen LogP contribution >= 0.6 is 0 Å². The number of aliphatic hydroxyl groups excluding tert-OH is 1. The first-order chi connectivity index (χ1) is 10.1. The van der Waals surface area contributed by atoms with Crippen molar-refractivity contribution < 1.29 is 5.11 Å². The van der Waals surface area contributed by atoms with Gasteiger partial charge in [-0.15, -0.1) is 0 Å². The molecule has 1 fully saturated rings. The molecule has 0 bridgehead atoms. The van der Waals surface area contributed by atoms with Gasteiger partial charge in [0.05, 0.1) is 0 Å². The zero-order valence-electron chi connectivity index (χ0n) is 13.7. The molecule has 1 aromatic rings. The van der Waals surface area contributed by atoms with E-state index in [1.165, 1.54) is 0 Å². The molecule has 21 heavy (non-hydrogen) atoms. The van der Waals surface area contributed by atoms with E-state index in [2.05, 4.69) is 42.9 Å². The molecule has 0 aromatic carbocycles. The molecule has 0 aliphatic carbocycles. The zero-order chi connectivity index (χ0) is 15.4. The van der Waals surface area contributed by atoms with E-state index in [-0.39, 0.29) is 6.61 Å². The third-order valence-electron chi connectivity index (χ3n) is 4.04. The highest BCUT2D eigenvalue weighted by Gasteiger charge is 2.26. The van der Waals surface area contributed by atoms with Crippen molar-refractivity contribution in [2.75, 3.05) is 36.5 Å². The topological polar surface area (TPSA) is 61.3 Å². The summed E-state index contributed by atoms with van der Waals surface area (Å²) >= 11 is 0. The predicted octanol–water partition coefficient (Wildman–Crippen LogP) is 2.55. The van der Waals surface area contributed by atoms with E-state index in [1.54, 1.807) is 0 Å². The molecule has 0 spiro atoms. The van der Waals surface area contributed by atoms with Crippen molar-refractivity contribution in [3.63, 3.8) is 0 Å². The Morgan fingerprint density at radius 3 is 2.71 bits per heavy atom. The van der Waals surface area contributed by atoms with Gasteiger partial charge in [-0.2, -0.15) is 0 Å². The minimum atomic E-state index is 0.263. The molecule has 0 saturated carbocycles. The fourth-order valence-electron chi connectivity index (χ4n) is 2.68. The van der Waals surface area contributed by atoms with Gasteiger partial charge in [-0.05, 0) is 19.8 Å². The Kier molecular flexibility index (Phi) is 5.39. The molecule has 5 heteroatoms. The fourth-order valence-corrected chi connectivity index (χ4v) is 2.68. The number of anilines is 2. The van der Waals surface area contributed by atoms with E-state index in [1.807, 2.05) is 0 Å². The summed E-state index contributed by atoms with van der Waals surface area (Å²) in [7, 11) is 0. The van der Waals surface area contributed by atoms with E-state index < -0.39 is 0 Å². The maximum absolute atomic E-state index is 9.34. The van der Waals surface area contributed by atoms with Gasteiger partial charge in [0.15, 0.2) is 0 Å². The summed E-state index contributed by atoms with van der Waals surface area (Å²) in [6, 6.07) is 0. The van der Waals surface area contributed by atoms with Gasteiger partial charge in [-0.3, -0.25) is 0 Å². The second kappa shape index (κ2) is 7.07. The van der Waals surface area contributed by atoms with Crippen LogP contribution in [0.2, 0.25) is 0 Å². The molecule has 2 heterocycles. The van der Waals surface area contributed by atoms with Crippen LogP contribution in [0, 0.1) is 12.8 Å². The monoisotopic (exact) mass is 292 g/mol. The number of hydrogen-bond acceptors (Lipinski definition) is 5. The van der Waals surface area contributed by atoms with Gasteiger partial charge in [-0.25, -0.2) is 9.97 Å². The molecular weight excluding hydrogens is 264 g/mol. The number of nitrogens with zero attached hydrogens (tertiary/aromatic N) is 3. The van der Waals surface area contributed by atoms with Crippen LogP contribution in [-0.4, -0.2) is 41.3 Å². The van der Waals surface area contributed by atoms with E-state index >= 15 is 0 Å². The minimum Gasteiger partial charge on any atom is -0.396 e. The molecule has 1 atom stereocenters. The van der Waals surface area contributed by atoms with Crippen LogP contribution in [0.15, 0.2) is 0 Å². The third kappa shape index (κ3) is 3.64. The summed E-state index contributed by atoms with van der Waals surface area (Å²) in [4.78, 5) is 11.8. The summed E-state index contributed by atoms with van der Waals surface area (Å²) in [5.74, 6) is 3.56. The number of nitrogens with one attached hydrogen (secondary N) is 1. The largest absolute Gasteiger partial charge is 0.396 e. The lowest BCUT2D eigenvalue weighted by atomic mass is 10.1. The lowest BCUT2D eigenvalue weighted by molar-refractivity contribution is 0.238. The predicted molar refractivity (Wildman–Crippen MR) is 87.0 cm³/mol. The van der Waals surface area contributed by atoms with Gasteiger partial charge in [0, 0.05) is 43.6 Å². The highest BCUT2D eigenvalue weighted by molar-refractivity contribution is 5.59. The molecule has 118 valence electrons. The second-order valence-corrected chi connectivity index (χ2v) is 6.24. The average Bonchev–Trinajstić information content (AvgIpc) is 2.94. The molecule has 1 unspecified atom stereocenters. The van der Waals surface area contributed by atoms with Gasteiger partial charge in [0.1, 0.15) is 17.5 Å². The van der Waals surface area contributed by atoms with Crippen LogP contribution < -0.4 is 10.2 Å². The minimum absolute atomic E-state index is 0.263. The van der Waals surface area contributed by atoms with Crippen LogP contribution in [0.5, 0.6) is 0 Å². The number of hydrogen-bond donors (Lipinski definition) is 2. The Morgan fingerprint density at radius 1 is 1.38 bits per heavy atom. The van der Waals surface area contributed by atoms with Crippen molar-refractivity contribution in [1.82, 2.24) is 9.97 Å². The van der Waals surface area contributed by atoms with Crippen molar-refractivity contribution in [2.45, 2.75) is 46.5 Å². The van der Waals surface area contributed by atoms with E-state index in [0.29, 0.717) is 11.8 Å². The molecule has 5 nitrogen and oxygen atoms in total. The van der Waals surface area contributed by atoms with E-state index in [0.717, 1.165) is 55.5 Å².